The molecule has 34 heavy (non-hydrogen) atoms. The average Bonchev–Trinajstić information content (AvgIpc) is 3.42. The number of hydrogen-bond donors (Lipinski definition) is 1. The van der Waals surface area contributed by atoms with Gasteiger partial charge in [-0.25, -0.2) is 0 Å². The molecule has 0 unspecified atom stereocenters. The number of rotatable bonds is 6. The number of ether oxygens (including phenoxy) is 1. The fourth-order valence-corrected chi connectivity index (χ4v) is 6.24. The summed E-state index contributed by atoms with van der Waals surface area (Å²) in [5.74, 6) is 1.09. The SMILES string of the molecule is CCOc1ccc(CN2C(=O)c3cc4sccc4n3C[C@]2(C)C(=O)N[C@H]2CCCC[C@H]2C)cc1. The largest absolute Gasteiger partial charge is 0.494 e. The van der Waals surface area contributed by atoms with Crippen LogP contribution >= 0.6 is 11.3 Å². The lowest BCUT2D eigenvalue weighted by molar-refractivity contribution is -0.134. The molecule has 2 aliphatic rings. The standard InChI is InChI=1S/C27H33N3O3S/c1-4-33-20-11-9-19(10-12-20)16-30-25(31)23-15-24-22(13-14-34-24)29(23)17-27(30,3)26(32)28-21-8-6-5-7-18(21)2/h9-15,18,21H,4-8,16-17H2,1-3H3,(H,28,32)/t18-,21+,27-/m1/s1. The second-order valence-corrected chi connectivity index (χ2v) is 10.8. The van der Waals surface area contributed by atoms with E-state index in [0.29, 0.717) is 31.3 Å². The molecule has 1 aliphatic heterocycles. The van der Waals surface area contributed by atoms with Crippen LogP contribution in [-0.2, 0) is 17.9 Å². The van der Waals surface area contributed by atoms with E-state index in [2.05, 4.69) is 12.2 Å². The molecule has 1 fully saturated rings. The molecule has 6 nitrogen and oxygen atoms in total. The molecule has 0 radical (unpaired) electrons. The van der Waals surface area contributed by atoms with Crippen molar-refractivity contribution in [1.29, 1.82) is 0 Å². The van der Waals surface area contributed by atoms with E-state index in [4.69, 9.17) is 4.74 Å². The third-order valence-corrected chi connectivity index (χ3v) is 8.39. The average molecular weight is 480 g/mol. The molecule has 0 bridgehead atoms. The van der Waals surface area contributed by atoms with E-state index in [1.165, 1.54) is 6.42 Å². The molecule has 1 aliphatic carbocycles. The van der Waals surface area contributed by atoms with Gasteiger partial charge in [0.2, 0.25) is 5.91 Å². The molecular weight excluding hydrogens is 446 g/mol. The summed E-state index contributed by atoms with van der Waals surface area (Å²) >= 11 is 1.63. The minimum atomic E-state index is -0.992. The highest BCUT2D eigenvalue weighted by Crippen LogP contribution is 2.36. The molecule has 3 aromatic rings. The molecule has 1 N–H and O–H groups in total. The van der Waals surface area contributed by atoms with Crippen LogP contribution in [0.3, 0.4) is 0 Å². The van der Waals surface area contributed by atoms with Gasteiger partial charge in [-0.1, -0.05) is 31.9 Å². The van der Waals surface area contributed by atoms with E-state index >= 15 is 0 Å². The van der Waals surface area contributed by atoms with Crippen molar-refractivity contribution in [2.45, 2.75) is 71.1 Å². The maximum atomic E-state index is 13.9. The molecule has 1 saturated carbocycles. The molecule has 2 aromatic heterocycles. The summed E-state index contributed by atoms with van der Waals surface area (Å²) in [4.78, 5) is 29.5. The van der Waals surface area contributed by atoms with Crippen molar-refractivity contribution < 1.29 is 14.3 Å². The zero-order valence-electron chi connectivity index (χ0n) is 20.2. The van der Waals surface area contributed by atoms with Crippen molar-refractivity contribution in [2.75, 3.05) is 6.61 Å². The van der Waals surface area contributed by atoms with E-state index in [9.17, 15) is 9.59 Å². The van der Waals surface area contributed by atoms with Gasteiger partial charge >= 0.3 is 0 Å². The van der Waals surface area contributed by atoms with Gasteiger partial charge in [0, 0.05) is 12.6 Å². The minimum absolute atomic E-state index is 0.0618. The van der Waals surface area contributed by atoms with Crippen molar-refractivity contribution in [3.63, 3.8) is 0 Å². The van der Waals surface area contributed by atoms with Crippen LogP contribution in [0.1, 0.15) is 62.5 Å². The Bertz CT molecular complexity index is 1200. The quantitative estimate of drug-likeness (QED) is 0.528. The topological polar surface area (TPSA) is 63.6 Å². The monoisotopic (exact) mass is 479 g/mol. The lowest BCUT2D eigenvalue weighted by Gasteiger charge is -2.45. The predicted octanol–water partition coefficient (Wildman–Crippen LogP) is 5.21. The van der Waals surface area contributed by atoms with Gasteiger partial charge in [0.15, 0.2) is 0 Å². The highest BCUT2D eigenvalue weighted by atomic mass is 32.1. The zero-order valence-corrected chi connectivity index (χ0v) is 21.0. The number of fused-ring (bicyclic) bond motifs is 3. The molecule has 1 aromatic carbocycles. The molecule has 5 rings (SSSR count). The molecular formula is C27H33N3O3S. The highest BCUT2D eigenvalue weighted by Gasteiger charge is 2.48. The number of aromatic nitrogens is 1. The normalized spacial score (nSPS) is 24.8. The maximum absolute atomic E-state index is 13.9. The summed E-state index contributed by atoms with van der Waals surface area (Å²) in [6, 6.07) is 12.0. The highest BCUT2D eigenvalue weighted by molar-refractivity contribution is 7.17. The third kappa shape index (κ3) is 4.00. The Morgan fingerprint density at radius 3 is 2.71 bits per heavy atom. The summed E-state index contributed by atoms with van der Waals surface area (Å²) in [6.07, 6.45) is 4.49. The Balaban J connectivity index is 1.49. The minimum Gasteiger partial charge on any atom is -0.494 e. The molecule has 0 saturated heterocycles. The van der Waals surface area contributed by atoms with E-state index < -0.39 is 5.54 Å². The Hall–Kier alpha value is -2.80. The predicted molar refractivity (Wildman–Crippen MR) is 135 cm³/mol. The number of nitrogens with one attached hydrogen (secondary N) is 1. The van der Waals surface area contributed by atoms with Gasteiger partial charge in [0.1, 0.15) is 17.0 Å². The molecule has 2 amide bonds. The summed E-state index contributed by atoms with van der Waals surface area (Å²) in [5, 5.41) is 5.38. The van der Waals surface area contributed by atoms with Crippen LogP contribution in [0.15, 0.2) is 41.8 Å². The number of carbonyl (C=O) groups excluding carboxylic acids is 2. The van der Waals surface area contributed by atoms with Crippen molar-refractivity contribution in [2.24, 2.45) is 5.92 Å². The molecule has 7 heteroatoms. The van der Waals surface area contributed by atoms with E-state index in [-0.39, 0.29) is 17.9 Å². The second-order valence-electron chi connectivity index (χ2n) is 9.87. The first kappa shape index (κ1) is 23.0. The number of nitrogens with zero attached hydrogens (tertiary/aromatic N) is 2. The summed E-state index contributed by atoms with van der Waals surface area (Å²) < 4.78 is 8.68. The van der Waals surface area contributed by atoms with E-state index in [1.807, 2.05) is 60.2 Å². The fourth-order valence-electron chi connectivity index (χ4n) is 5.42. The second kappa shape index (κ2) is 9.10. The van der Waals surface area contributed by atoms with Gasteiger partial charge in [-0.15, -0.1) is 11.3 Å². The molecule has 0 spiro atoms. The van der Waals surface area contributed by atoms with Crippen LogP contribution in [0.4, 0.5) is 0 Å². The van der Waals surface area contributed by atoms with Crippen molar-refractivity contribution in [3.05, 3.63) is 53.0 Å². The Labute approximate surface area is 204 Å². The van der Waals surface area contributed by atoms with E-state index in [0.717, 1.165) is 40.8 Å². The van der Waals surface area contributed by atoms with E-state index in [1.54, 1.807) is 16.2 Å². The van der Waals surface area contributed by atoms with Crippen molar-refractivity contribution >= 4 is 33.4 Å². The number of carbonyl (C=O) groups is 2. The zero-order chi connectivity index (χ0) is 23.9. The first-order chi connectivity index (χ1) is 16.4. The Morgan fingerprint density at radius 2 is 1.97 bits per heavy atom. The van der Waals surface area contributed by atoms with Crippen LogP contribution in [0.2, 0.25) is 0 Å². The van der Waals surface area contributed by atoms with Gasteiger partial charge in [-0.3, -0.25) is 9.59 Å². The van der Waals surface area contributed by atoms with Crippen LogP contribution in [0.25, 0.3) is 10.2 Å². The Kier molecular flexibility index (Phi) is 6.15. The summed E-state index contributed by atoms with van der Waals surface area (Å²) in [7, 11) is 0. The van der Waals surface area contributed by atoms with Gasteiger partial charge in [-0.05, 0) is 67.8 Å². The number of benzene rings is 1. The van der Waals surface area contributed by atoms with Gasteiger partial charge < -0.3 is 19.5 Å². The number of thiophene rings is 1. The van der Waals surface area contributed by atoms with Crippen LogP contribution in [0, 0.1) is 5.92 Å². The lowest BCUT2D eigenvalue weighted by atomic mass is 9.85. The van der Waals surface area contributed by atoms with Gasteiger partial charge in [-0.2, -0.15) is 0 Å². The van der Waals surface area contributed by atoms with Crippen LogP contribution < -0.4 is 10.1 Å². The first-order valence-corrected chi connectivity index (χ1v) is 13.2. The number of hydrogen-bond acceptors (Lipinski definition) is 4. The summed E-state index contributed by atoms with van der Waals surface area (Å²) in [6.45, 7) is 7.51. The third-order valence-electron chi connectivity index (χ3n) is 7.54. The maximum Gasteiger partial charge on any atom is 0.271 e. The molecule has 3 heterocycles. The van der Waals surface area contributed by atoms with Crippen molar-refractivity contribution in [1.82, 2.24) is 14.8 Å². The molecule has 180 valence electrons. The van der Waals surface area contributed by atoms with Crippen LogP contribution in [0.5, 0.6) is 5.75 Å². The van der Waals surface area contributed by atoms with Crippen LogP contribution in [-0.4, -0.2) is 39.5 Å². The van der Waals surface area contributed by atoms with Gasteiger partial charge in [0.05, 0.1) is 23.4 Å². The van der Waals surface area contributed by atoms with Gasteiger partial charge in [0.25, 0.3) is 5.91 Å². The smallest absolute Gasteiger partial charge is 0.271 e. The summed E-state index contributed by atoms with van der Waals surface area (Å²) in [5.41, 5.74) is 1.67. The van der Waals surface area contributed by atoms with Crippen molar-refractivity contribution in [3.8, 4) is 5.75 Å². The lowest BCUT2D eigenvalue weighted by Crippen LogP contribution is -2.65. The first-order valence-electron chi connectivity index (χ1n) is 12.3. The molecule has 3 atom stereocenters. The fraction of sp³-hybridized carbons (Fsp3) is 0.481. The Morgan fingerprint density at radius 1 is 1.21 bits per heavy atom. The number of amides is 2.